The zero-order valence-electron chi connectivity index (χ0n) is 10.3. The number of hydrogen-bond acceptors (Lipinski definition) is 2. The Balaban J connectivity index is 2.04. The van der Waals surface area contributed by atoms with E-state index < -0.39 is 0 Å². The lowest BCUT2D eigenvalue weighted by Crippen LogP contribution is -2.34. The molecule has 16 heavy (non-hydrogen) atoms. The van der Waals surface area contributed by atoms with Crippen LogP contribution in [0.15, 0.2) is 24.3 Å². The summed E-state index contributed by atoms with van der Waals surface area (Å²) in [4.78, 5) is 2.56. The summed E-state index contributed by atoms with van der Waals surface area (Å²) in [5, 5.41) is 0. The lowest BCUT2D eigenvalue weighted by atomic mass is 9.96. The first-order valence-electron chi connectivity index (χ1n) is 6.26. The first-order chi connectivity index (χ1) is 7.66. The van der Waals surface area contributed by atoms with Crippen LogP contribution in [0.1, 0.15) is 38.3 Å². The molecule has 1 saturated heterocycles. The second-order valence-corrected chi connectivity index (χ2v) is 5.06. The van der Waals surface area contributed by atoms with Crippen molar-refractivity contribution in [2.24, 2.45) is 5.92 Å². The Labute approximate surface area is 98.4 Å². The second kappa shape index (κ2) is 4.88. The summed E-state index contributed by atoms with van der Waals surface area (Å²) in [5.41, 5.74) is 8.04. The molecule has 2 N–H and O–H groups in total. The average molecular weight is 218 g/mol. The van der Waals surface area contributed by atoms with Crippen LogP contribution in [-0.2, 0) is 0 Å². The van der Waals surface area contributed by atoms with Crippen molar-refractivity contribution >= 4 is 5.69 Å². The standard InChI is InChI=1S/C14H22N2/c1-11-6-8-16(9-7-11)12(2)13-4-3-5-14(15)10-13/h3-5,10-12H,6-9,15H2,1-2H3. The van der Waals surface area contributed by atoms with Gasteiger partial charge in [-0.05, 0) is 56.5 Å². The Bertz CT molecular complexity index is 340. The summed E-state index contributed by atoms with van der Waals surface area (Å²) in [6.45, 7) is 7.07. The average Bonchev–Trinajstić information content (AvgIpc) is 2.29. The van der Waals surface area contributed by atoms with Crippen molar-refractivity contribution in [1.29, 1.82) is 0 Å². The lowest BCUT2D eigenvalue weighted by molar-refractivity contribution is 0.147. The molecule has 0 radical (unpaired) electrons. The Morgan fingerprint density at radius 2 is 2.00 bits per heavy atom. The third-order valence-corrected chi connectivity index (χ3v) is 3.76. The molecule has 1 unspecified atom stereocenters. The van der Waals surface area contributed by atoms with Crippen LogP contribution in [0.3, 0.4) is 0 Å². The fraction of sp³-hybridized carbons (Fsp3) is 0.571. The third-order valence-electron chi connectivity index (χ3n) is 3.76. The van der Waals surface area contributed by atoms with Crippen molar-refractivity contribution in [3.8, 4) is 0 Å². The third kappa shape index (κ3) is 2.56. The highest BCUT2D eigenvalue weighted by Gasteiger charge is 2.21. The fourth-order valence-electron chi connectivity index (χ4n) is 2.45. The lowest BCUT2D eigenvalue weighted by Gasteiger charge is -2.35. The smallest absolute Gasteiger partial charge is 0.0320 e. The molecule has 1 aliphatic rings. The van der Waals surface area contributed by atoms with E-state index in [2.05, 4.69) is 30.9 Å². The molecule has 1 fully saturated rings. The summed E-state index contributed by atoms with van der Waals surface area (Å²) in [6, 6.07) is 8.78. The van der Waals surface area contributed by atoms with Gasteiger partial charge in [-0.25, -0.2) is 0 Å². The number of anilines is 1. The first kappa shape index (κ1) is 11.5. The fourth-order valence-corrected chi connectivity index (χ4v) is 2.45. The van der Waals surface area contributed by atoms with Crippen LogP contribution in [0.25, 0.3) is 0 Å². The van der Waals surface area contributed by atoms with Crippen LogP contribution >= 0.6 is 0 Å². The molecule has 88 valence electrons. The number of nitrogens with zero attached hydrogens (tertiary/aromatic N) is 1. The van der Waals surface area contributed by atoms with Gasteiger partial charge in [0.2, 0.25) is 0 Å². The Hall–Kier alpha value is -1.02. The number of likely N-dealkylation sites (tertiary alicyclic amines) is 1. The highest BCUT2D eigenvalue weighted by molar-refractivity contribution is 5.41. The Morgan fingerprint density at radius 3 is 2.62 bits per heavy atom. The van der Waals surface area contributed by atoms with Crippen LogP contribution in [0, 0.1) is 5.92 Å². The topological polar surface area (TPSA) is 29.3 Å². The molecule has 1 heterocycles. The van der Waals surface area contributed by atoms with E-state index in [9.17, 15) is 0 Å². The Morgan fingerprint density at radius 1 is 1.31 bits per heavy atom. The molecule has 0 saturated carbocycles. The maximum Gasteiger partial charge on any atom is 0.0320 e. The second-order valence-electron chi connectivity index (χ2n) is 5.06. The molecule has 0 spiro atoms. The van der Waals surface area contributed by atoms with Gasteiger partial charge < -0.3 is 5.73 Å². The van der Waals surface area contributed by atoms with E-state index in [1.54, 1.807) is 0 Å². The van der Waals surface area contributed by atoms with E-state index >= 15 is 0 Å². The summed E-state index contributed by atoms with van der Waals surface area (Å²) >= 11 is 0. The number of benzene rings is 1. The number of piperidine rings is 1. The summed E-state index contributed by atoms with van der Waals surface area (Å²) in [7, 11) is 0. The molecule has 1 atom stereocenters. The van der Waals surface area contributed by atoms with Crippen molar-refractivity contribution in [1.82, 2.24) is 4.90 Å². The van der Waals surface area contributed by atoms with E-state index in [-0.39, 0.29) is 0 Å². The summed E-state index contributed by atoms with van der Waals surface area (Å²) < 4.78 is 0. The van der Waals surface area contributed by atoms with Gasteiger partial charge in [0, 0.05) is 11.7 Å². The van der Waals surface area contributed by atoms with E-state index in [1.165, 1.54) is 31.5 Å². The summed E-state index contributed by atoms with van der Waals surface area (Å²) in [5.74, 6) is 0.893. The van der Waals surface area contributed by atoms with Crippen molar-refractivity contribution in [3.63, 3.8) is 0 Å². The van der Waals surface area contributed by atoms with Crippen LogP contribution in [0.4, 0.5) is 5.69 Å². The largest absolute Gasteiger partial charge is 0.399 e. The minimum atomic E-state index is 0.496. The van der Waals surface area contributed by atoms with Gasteiger partial charge in [0.25, 0.3) is 0 Å². The molecule has 0 amide bonds. The van der Waals surface area contributed by atoms with Crippen LogP contribution in [0.2, 0.25) is 0 Å². The van der Waals surface area contributed by atoms with Crippen molar-refractivity contribution in [2.45, 2.75) is 32.7 Å². The molecule has 0 bridgehead atoms. The minimum Gasteiger partial charge on any atom is -0.399 e. The van der Waals surface area contributed by atoms with Gasteiger partial charge in [-0.2, -0.15) is 0 Å². The Kier molecular flexibility index (Phi) is 3.49. The van der Waals surface area contributed by atoms with Gasteiger partial charge in [-0.1, -0.05) is 19.1 Å². The van der Waals surface area contributed by atoms with Gasteiger partial charge >= 0.3 is 0 Å². The monoisotopic (exact) mass is 218 g/mol. The molecule has 0 aromatic heterocycles. The summed E-state index contributed by atoms with van der Waals surface area (Å²) in [6.07, 6.45) is 2.65. The highest BCUT2D eigenvalue weighted by Crippen LogP contribution is 2.26. The molecule has 1 aliphatic heterocycles. The van der Waals surface area contributed by atoms with Gasteiger partial charge in [0.15, 0.2) is 0 Å². The highest BCUT2D eigenvalue weighted by atomic mass is 15.2. The van der Waals surface area contributed by atoms with E-state index in [4.69, 9.17) is 5.73 Å². The molecule has 1 aromatic rings. The predicted octanol–water partition coefficient (Wildman–Crippen LogP) is 3.06. The molecule has 2 heteroatoms. The molecule has 2 nitrogen and oxygen atoms in total. The maximum atomic E-state index is 5.83. The number of rotatable bonds is 2. The van der Waals surface area contributed by atoms with E-state index in [0.717, 1.165) is 11.6 Å². The first-order valence-corrected chi connectivity index (χ1v) is 6.26. The van der Waals surface area contributed by atoms with Crippen molar-refractivity contribution < 1.29 is 0 Å². The van der Waals surface area contributed by atoms with Crippen LogP contribution in [0.5, 0.6) is 0 Å². The number of nitrogen functional groups attached to an aromatic ring is 1. The van der Waals surface area contributed by atoms with Crippen molar-refractivity contribution in [2.75, 3.05) is 18.8 Å². The van der Waals surface area contributed by atoms with Crippen LogP contribution in [-0.4, -0.2) is 18.0 Å². The van der Waals surface area contributed by atoms with Crippen molar-refractivity contribution in [3.05, 3.63) is 29.8 Å². The zero-order chi connectivity index (χ0) is 11.5. The van der Waals surface area contributed by atoms with Gasteiger partial charge in [0.05, 0.1) is 0 Å². The quantitative estimate of drug-likeness (QED) is 0.773. The maximum absolute atomic E-state index is 5.83. The van der Waals surface area contributed by atoms with Gasteiger partial charge in [-0.3, -0.25) is 4.90 Å². The number of nitrogens with two attached hydrogens (primary N) is 1. The number of hydrogen-bond donors (Lipinski definition) is 1. The predicted molar refractivity (Wildman–Crippen MR) is 69.2 cm³/mol. The molecule has 0 aliphatic carbocycles. The zero-order valence-corrected chi connectivity index (χ0v) is 10.3. The molecular weight excluding hydrogens is 196 g/mol. The van der Waals surface area contributed by atoms with Gasteiger partial charge in [0.1, 0.15) is 0 Å². The SMILES string of the molecule is CC1CCN(C(C)c2cccc(N)c2)CC1. The molecule has 1 aromatic carbocycles. The van der Waals surface area contributed by atoms with Gasteiger partial charge in [-0.15, -0.1) is 0 Å². The minimum absolute atomic E-state index is 0.496. The van der Waals surface area contributed by atoms with Crippen LogP contribution < -0.4 is 5.73 Å². The molecule has 2 rings (SSSR count). The van der Waals surface area contributed by atoms with E-state index in [0.29, 0.717) is 6.04 Å². The normalized spacial score (nSPS) is 20.9. The molecular formula is C14H22N2. The van der Waals surface area contributed by atoms with E-state index in [1.807, 2.05) is 12.1 Å².